The van der Waals surface area contributed by atoms with Crippen LogP contribution in [0, 0.1) is 0 Å². The van der Waals surface area contributed by atoms with Gasteiger partial charge >= 0.3 is 0 Å². The van der Waals surface area contributed by atoms with Crippen molar-refractivity contribution in [3.8, 4) is 5.75 Å². The van der Waals surface area contributed by atoms with Crippen LogP contribution >= 0.6 is 0 Å². The third kappa shape index (κ3) is 2.89. The predicted octanol–water partition coefficient (Wildman–Crippen LogP) is 2.76. The lowest BCUT2D eigenvalue weighted by atomic mass is 9.94. The van der Waals surface area contributed by atoms with E-state index in [0.717, 1.165) is 25.1 Å². The Balaban J connectivity index is 1.97. The molecule has 0 bridgehead atoms. The molecule has 1 fully saturated rings. The van der Waals surface area contributed by atoms with Crippen LogP contribution in [0.3, 0.4) is 0 Å². The van der Waals surface area contributed by atoms with Gasteiger partial charge in [0.1, 0.15) is 5.75 Å². The maximum Gasteiger partial charge on any atom is 0.115 e. The highest BCUT2D eigenvalue weighted by molar-refractivity contribution is 5.46. The van der Waals surface area contributed by atoms with E-state index in [9.17, 15) is 5.11 Å². The largest absolute Gasteiger partial charge is 0.508 e. The molecule has 0 radical (unpaired) electrons. The van der Waals surface area contributed by atoms with E-state index in [1.807, 2.05) is 12.1 Å². The second-order valence-electron chi connectivity index (χ2n) is 4.99. The Hall–Kier alpha value is -1.22. The van der Waals surface area contributed by atoms with Gasteiger partial charge in [-0.2, -0.15) is 0 Å². The molecule has 2 N–H and O–H groups in total. The Morgan fingerprint density at radius 2 is 2.00 bits per heavy atom. The smallest absolute Gasteiger partial charge is 0.115 e. The standard InChI is InChI=1S/C13H19NO2/c1-13(2)9-11(7-8-16-13)14-10-3-5-12(15)6-4-10/h3-6,11,14-15H,7-9H2,1-2H3. The van der Waals surface area contributed by atoms with Crippen LogP contribution in [0.4, 0.5) is 5.69 Å². The van der Waals surface area contributed by atoms with E-state index in [1.165, 1.54) is 0 Å². The van der Waals surface area contributed by atoms with E-state index in [2.05, 4.69) is 19.2 Å². The molecule has 1 aromatic rings. The lowest BCUT2D eigenvalue weighted by molar-refractivity contribution is -0.0553. The van der Waals surface area contributed by atoms with Gasteiger partial charge in [0, 0.05) is 18.3 Å². The topological polar surface area (TPSA) is 41.5 Å². The quantitative estimate of drug-likeness (QED) is 0.754. The van der Waals surface area contributed by atoms with E-state index in [0.29, 0.717) is 11.8 Å². The molecule has 0 aromatic heterocycles. The number of phenolic OH excluding ortho intramolecular Hbond substituents is 1. The van der Waals surface area contributed by atoms with Crippen molar-refractivity contribution in [3.63, 3.8) is 0 Å². The summed E-state index contributed by atoms with van der Waals surface area (Å²) < 4.78 is 5.67. The zero-order valence-corrected chi connectivity index (χ0v) is 9.86. The highest BCUT2D eigenvalue weighted by Crippen LogP contribution is 2.26. The van der Waals surface area contributed by atoms with Crippen molar-refractivity contribution in [3.05, 3.63) is 24.3 Å². The summed E-state index contributed by atoms with van der Waals surface area (Å²) >= 11 is 0. The van der Waals surface area contributed by atoms with Crippen LogP contribution in [-0.2, 0) is 4.74 Å². The number of anilines is 1. The molecule has 1 atom stereocenters. The molecule has 88 valence electrons. The van der Waals surface area contributed by atoms with Crippen LogP contribution in [0.1, 0.15) is 26.7 Å². The van der Waals surface area contributed by atoms with Gasteiger partial charge in [-0.25, -0.2) is 0 Å². The number of aromatic hydroxyl groups is 1. The first-order chi connectivity index (χ1) is 7.55. The van der Waals surface area contributed by atoms with Crippen molar-refractivity contribution < 1.29 is 9.84 Å². The molecule has 3 nitrogen and oxygen atoms in total. The van der Waals surface area contributed by atoms with E-state index < -0.39 is 0 Å². The molecule has 2 rings (SSSR count). The van der Waals surface area contributed by atoms with Crippen LogP contribution in [0.5, 0.6) is 5.75 Å². The fourth-order valence-electron chi connectivity index (χ4n) is 2.15. The highest BCUT2D eigenvalue weighted by Gasteiger charge is 2.28. The number of nitrogens with one attached hydrogen (secondary N) is 1. The van der Waals surface area contributed by atoms with Gasteiger partial charge in [0.2, 0.25) is 0 Å². The molecular formula is C13H19NO2. The summed E-state index contributed by atoms with van der Waals surface area (Å²) in [7, 11) is 0. The Morgan fingerprint density at radius 3 is 2.62 bits per heavy atom. The fourth-order valence-corrected chi connectivity index (χ4v) is 2.15. The number of ether oxygens (including phenoxy) is 1. The highest BCUT2D eigenvalue weighted by atomic mass is 16.5. The summed E-state index contributed by atoms with van der Waals surface area (Å²) in [4.78, 5) is 0. The van der Waals surface area contributed by atoms with Crippen molar-refractivity contribution in [2.45, 2.75) is 38.3 Å². The summed E-state index contributed by atoms with van der Waals surface area (Å²) in [6.07, 6.45) is 2.04. The van der Waals surface area contributed by atoms with Gasteiger partial charge in [-0.05, 0) is 51.0 Å². The van der Waals surface area contributed by atoms with Crippen molar-refractivity contribution >= 4 is 5.69 Å². The molecule has 1 heterocycles. The van der Waals surface area contributed by atoms with Crippen molar-refractivity contribution in [1.82, 2.24) is 0 Å². The fraction of sp³-hybridized carbons (Fsp3) is 0.538. The molecule has 1 saturated heterocycles. The van der Waals surface area contributed by atoms with Gasteiger partial charge < -0.3 is 15.2 Å². The third-order valence-corrected chi connectivity index (χ3v) is 2.94. The van der Waals surface area contributed by atoms with Gasteiger partial charge in [-0.1, -0.05) is 0 Å². The van der Waals surface area contributed by atoms with Gasteiger partial charge in [0.25, 0.3) is 0 Å². The van der Waals surface area contributed by atoms with Crippen LogP contribution in [0.25, 0.3) is 0 Å². The first-order valence-corrected chi connectivity index (χ1v) is 5.75. The number of benzene rings is 1. The first kappa shape index (κ1) is 11.3. The minimum absolute atomic E-state index is 0.0349. The van der Waals surface area contributed by atoms with Crippen molar-refractivity contribution in [2.24, 2.45) is 0 Å². The molecule has 0 saturated carbocycles. The lowest BCUT2D eigenvalue weighted by Gasteiger charge is -2.36. The lowest BCUT2D eigenvalue weighted by Crippen LogP contribution is -2.40. The minimum Gasteiger partial charge on any atom is -0.508 e. The average molecular weight is 221 g/mol. The predicted molar refractivity (Wildman–Crippen MR) is 64.8 cm³/mol. The van der Waals surface area contributed by atoms with Gasteiger partial charge in [0.05, 0.1) is 5.60 Å². The molecule has 16 heavy (non-hydrogen) atoms. The normalized spacial score (nSPS) is 24.0. The number of rotatable bonds is 2. The molecule has 3 heteroatoms. The minimum atomic E-state index is -0.0349. The second-order valence-corrected chi connectivity index (χ2v) is 4.99. The molecule has 0 amide bonds. The Kier molecular flexibility index (Phi) is 3.06. The molecule has 1 aliphatic heterocycles. The zero-order chi connectivity index (χ0) is 11.6. The molecule has 1 aliphatic rings. The summed E-state index contributed by atoms with van der Waals surface area (Å²) in [6.45, 7) is 5.05. The molecular weight excluding hydrogens is 202 g/mol. The Labute approximate surface area is 96.4 Å². The molecule has 1 unspecified atom stereocenters. The van der Waals surface area contributed by atoms with Crippen molar-refractivity contribution in [2.75, 3.05) is 11.9 Å². The maximum atomic E-state index is 9.20. The average Bonchev–Trinajstić information content (AvgIpc) is 2.20. The molecule has 0 aliphatic carbocycles. The summed E-state index contributed by atoms with van der Waals surface area (Å²) in [5.74, 6) is 0.304. The van der Waals surface area contributed by atoms with Crippen LogP contribution in [-0.4, -0.2) is 23.4 Å². The van der Waals surface area contributed by atoms with Crippen LogP contribution in [0.2, 0.25) is 0 Å². The number of hydrogen-bond donors (Lipinski definition) is 2. The maximum absolute atomic E-state index is 9.20. The monoisotopic (exact) mass is 221 g/mol. The summed E-state index contributed by atoms with van der Waals surface area (Å²) in [5, 5.41) is 12.7. The van der Waals surface area contributed by atoms with Gasteiger partial charge in [-0.15, -0.1) is 0 Å². The van der Waals surface area contributed by atoms with E-state index in [-0.39, 0.29) is 5.60 Å². The Morgan fingerprint density at radius 1 is 1.31 bits per heavy atom. The SMILES string of the molecule is CC1(C)CC(Nc2ccc(O)cc2)CCO1. The van der Waals surface area contributed by atoms with E-state index >= 15 is 0 Å². The zero-order valence-electron chi connectivity index (χ0n) is 9.86. The first-order valence-electron chi connectivity index (χ1n) is 5.75. The summed E-state index contributed by atoms with van der Waals surface area (Å²) in [6, 6.07) is 7.66. The summed E-state index contributed by atoms with van der Waals surface area (Å²) in [5.41, 5.74) is 1.02. The van der Waals surface area contributed by atoms with Crippen LogP contribution in [0.15, 0.2) is 24.3 Å². The second kappa shape index (κ2) is 4.34. The van der Waals surface area contributed by atoms with E-state index in [1.54, 1.807) is 12.1 Å². The van der Waals surface area contributed by atoms with Crippen molar-refractivity contribution in [1.29, 1.82) is 0 Å². The van der Waals surface area contributed by atoms with Gasteiger partial charge in [-0.3, -0.25) is 0 Å². The number of phenols is 1. The molecule has 1 aromatic carbocycles. The van der Waals surface area contributed by atoms with Crippen LogP contribution < -0.4 is 5.32 Å². The third-order valence-electron chi connectivity index (χ3n) is 2.94. The number of hydrogen-bond acceptors (Lipinski definition) is 3. The van der Waals surface area contributed by atoms with Gasteiger partial charge in [0.15, 0.2) is 0 Å². The van der Waals surface area contributed by atoms with E-state index in [4.69, 9.17) is 4.74 Å². The molecule has 0 spiro atoms. The Bertz CT molecular complexity index is 345.